The van der Waals surface area contributed by atoms with Gasteiger partial charge in [-0.15, -0.1) is 0 Å². The van der Waals surface area contributed by atoms with E-state index in [1.807, 2.05) is 104 Å². The Morgan fingerprint density at radius 1 is 0.538 bits per heavy atom. The Labute approximate surface area is 312 Å². The molecule has 2 amide bonds. The summed E-state index contributed by atoms with van der Waals surface area (Å²) < 4.78 is 10.6. The molecule has 0 aromatic heterocycles. The van der Waals surface area contributed by atoms with Crippen LogP contribution in [0, 0.1) is 13.8 Å². The van der Waals surface area contributed by atoms with E-state index in [2.05, 4.69) is 15.1 Å². The number of hydrogen-bond donors (Lipinski definition) is 1. The number of aryl methyl sites for hydroxylation is 2. The smallest absolute Gasteiger partial charge is 0.410 e. The summed E-state index contributed by atoms with van der Waals surface area (Å²) in [7, 11) is 0. The number of carbonyl (C=O) groups excluding carboxylic acids is 4. The van der Waals surface area contributed by atoms with Gasteiger partial charge in [-0.3, -0.25) is 19.4 Å². The summed E-state index contributed by atoms with van der Waals surface area (Å²) in [5, 5.41) is 3.28. The number of benzene rings is 2. The maximum Gasteiger partial charge on any atom is 0.410 e. The van der Waals surface area contributed by atoms with Gasteiger partial charge in [0.2, 0.25) is 0 Å². The molecule has 3 aliphatic heterocycles. The number of carbonyl (C=O) groups is 4. The number of rotatable bonds is 6. The molecule has 1 N–H and O–H groups in total. The molecule has 2 aromatic rings. The number of Topliss-reactive ketones (excluding diaryl/α,β-unsaturated/α-hetero) is 2. The van der Waals surface area contributed by atoms with Gasteiger partial charge < -0.3 is 24.6 Å². The van der Waals surface area contributed by atoms with Crippen LogP contribution in [-0.2, 0) is 9.47 Å². The molecule has 5 rings (SSSR count). The minimum absolute atomic E-state index is 0.121. The molecule has 0 atom stereocenters. The molecule has 3 heterocycles. The van der Waals surface area contributed by atoms with Crippen molar-refractivity contribution in [1.82, 2.24) is 24.9 Å². The third kappa shape index (κ3) is 16.3. The van der Waals surface area contributed by atoms with Gasteiger partial charge in [0.1, 0.15) is 11.2 Å². The van der Waals surface area contributed by atoms with Gasteiger partial charge in [0, 0.05) is 76.6 Å². The van der Waals surface area contributed by atoms with Crippen LogP contribution in [0.2, 0.25) is 0 Å². The molecule has 288 valence electrons. The standard InChI is InChI=1S/C18H26N2O3.C13H18N2O.C10H19NO2/c1-14-5-7-15(8-6-14)16(21)13-19-9-11-20(12-10-19)17(22)23-18(2,3)4;1-11-2-4-12(5-3-11)13(16)10-15-8-6-14-7-9-15;1-10(2,3)13-9(12)11-7-5-4-6-8-11/h5-8H,9-13H2,1-4H3;2-5,14H,6-10H2,1H3;4-8H2,1-3H3. The van der Waals surface area contributed by atoms with Gasteiger partial charge >= 0.3 is 12.2 Å². The first-order valence-corrected chi connectivity index (χ1v) is 18.8. The summed E-state index contributed by atoms with van der Waals surface area (Å²) in [5.41, 5.74) is 3.06. The predicted molar refractivity (Wildman–Crippen MR) is 206 cm³/mol. The van der Waals surface area contributed by atoms with Crippen molar-refractivity contribution in [1.29, 1.82) is 0 Å². The minimum atomic E-state index is -0.477. The first kappa shape index (κ1) is 42.6. The van der Waals surface area contributed by atoms with Crippen LogP contribution in [0.5, 0.6) is 0 Å². The Balaban J connectivity index is 0.000000220. The lowest BCUT2D eigenvalue weighted by atomic mass is 10.1. The minimum Gasteiger partial charge on any atom is -0.444 e. The highest BCUT2D eigenvalue weighted by Crippen LogP contribution is 2.15. The molecule has 11 heteroatoms. The molecule has 0 aliphatic carbocycles. The summed E-state index contributed by atoms with van der Waals surface area (Å²) in [6, 6.07) is 15.5. The summed E-state index contributed by atoms with van der Waals surface area (Å²) in [6.45, 7) is 24.5. The van der Waals surface area contributed by atoms with Crippen LogP contribution in [0.3, 0.4) is 0 Å². The normalized spacial score (nSPS) is 17.2. The molecular formula is C41H63N5O6. The van der Waals surface area contributed by atoms with Crippen LogP contribution >= 0.6 is 0 Å². The molecule has 3 fully saturated rings. The quantitative estimate of drug-likeness (QED) is 0.348. The monoisotopic (exact) mass is 721 g/mol. The van der Waals surface area contributed by atoms with Crippen LogP contribution in [-0.4, -0.2) is 133 Å². The number of ketones is 2. The van der Waals surface area contributed by atoms with E-state index >= 15 is 0 Å². The van der Waals surface area contributed by atoms with E-state index in [1.54, 1.807) is 9.80 Å². The van der Waals surface area contributed by atoms with Gasteiger partial charge in [0.25, 0.3) is 0 Å². The molecular weight excluding hydrogens is 658 g/mol. The second-order valence-electron chi connectivity index (χ2n) is 15.9. The topological polar surface area (TPSA) is 112 Å². The van der Waals surface area contributed by atoms with E-state index in [9.17, 15) is 19.2 Å². The zero-order chi connectivity index (χ0) is 38.3. The number of piperidine rings is 1. The fourth-order valence-electron chi connectivity index (χ4n) is 5.75. The van der Waals surface area contributed by atoms with Gasteiger partial charge in [-0.25, -0.2) is 9.59 Å². The lowest BCUT2D eigenvalue weighted by Gasteiger charge is -2.35. The van der Waals surface area contributed by atoms with Crippen molar-refractivity contribution in [2.24, 2.45) is 0 Å². The van der Waals surface area contributed by atoms with Crippen LogP contribution in [0.25, 0.3) is 0 Å². The maximum atomic E-state index is 12.3. The van der Waals surface area contributed by atoms with Crippen molar-refractivity contribution >= 4 is 23.8 Å². The van der Waals surface area contributed by atoms with E-state index in [1.165, 1.54) is 12.0 Å². The molecule has 11 nitrogen and oxygen atoms in total. The Kier molecular flexibility index (Phi) is 16.8. The van der Waals surface area contributed by atoms with Gasteiger partial charge in [-0.1, -0.05) is 59.7 Å². The highest BCUT2D eigenvalue weighted by Gasteiger charge is 2.27. The van der Waals surface area contributed by atoms with Crippen molar-refractivity contribution in [3.8, 4) is 0 Å². The molecule has 3 saturated heterocycles. The fourth-order valence-corrected chi connectivity index (χ4v) is 5.75. The average Bonchev–Trinajstić information content (AvgIpc) is 3.09. The lowest BCUT2D eigenvalue weighted by molar-refractivity contribution is 0.0147. The molecule has 0 spiro atoms. The molecule has 3 aliphatic rings. The highest BCUT2D eigenvalue weighted by atomic mass is 16.6. The molecule has 0 radical (unpaired) electrons. The van der Waals surface area contributed by atoms with Crippen molar-refractivity contribution in [3.05, 3.63) is 70.8 Å². The number of ether oxygens (including phenoxy) is 2. The number of hydrogen-bond acceptors (Lipinski definition) is 9. The van der Waals surface area contributed by atoms with Crippen LogP contribution < -0.4 is 5.32 Å². The third-order valence-corrected chi connectivity index (χ3v) is 8.72. The summed E-state index contributed by atoms with van der Waals surface area (Å²) in [6.07, 6.45) is 3.02. The Morgan fingerprint density at radius 3 is 1.29 bits per heavy atom. The van der Waals surface area contributed by atoms with E-state index in [-0.39, 0.29) is 29.4 Å². The van der Waals surface area contributed by atoms with E-state index in [4.69, 9.17) is 9.47 Å². The number of nitrogens with one attached hydrogen (secondary N) is 1. The van der Waals surface area contributed by atoms with E-state index in [0.717, 1.165) is 68.8 Å². The van der Waals surface area contributed by atoms with Crippen molar-refractivity contribution in [2.75, 3.05) is 78.5 Å². The van der Waals surface area contributed by atoms with Crippen molar-refractivity contribution in [3.63, 3.8) is 0 Å². The second kappa shape index (κ2) is 20.4. The van der Waals surface area contributed by atoms with Gasteiger partial charge in [-0.2, -0.15) is 0 Å². The van der Waals surface area contributed by atoms with Crippen LogP contribution in [0.15, 0.2) is 48.5 Å². The number of likely N-dealkylation sites (tertiary alicyclic amines) is 1. The van der Waals surface area contributed by atoms with Gasteiger partial charge in [0.15, 0.2) is 11.6 Å². The van der Waals surface area contributed by atoms with Crippen LogP contribution in [0.1, 0.15) is 92.6 Å². The average molecular weight is 722 g/mol. The SMILES string of the molecule is CC(C)(C)OC(=O)N1CCCCC1.Cc1ccc(C(=O)CN2CCN(C(=O)OC(C)(C)C)CC2)cc1.Cc1ccc(C(=O)CN2CCNCC2)cc1. The number of amides is 2. The number of piperazine rings is 2. The Morgan fingerprint density at radius 2 is 0.904 bits per heavy atom. The fraction of sp³-hybridized carbons (Fsp3) is 0.610. The molecule has 0 saturated carbocycles. The van der Waals surface area contributed by atoms with Crippen LogP contribution in [0.4, 0.5) is 9.59 Å². The third-order valence-electron chi connectivity index (χ3n) is 8.72. The molecule has 0 unspecified atom stereocenters. The van der Waals surface area contributed by atoms with Gasteiger partial charge in [-0.05, 0) is 74.7 Å². The largest absolute Gasteiger partial charge is 0.444 e. The van der Waals surface area contributed by atoms with E-state index < -0.39 is 5.60 Å². The molecule has 2 aromatic carbocycles. The van der Waals surface area contributed by atoms with E-state index in [0.29, 0.717) is 39.3 Å². The zero-order valence-electron chi connectivity index (χ0n) is 33.0. The zero-order valence-corrected chi connectivity index (χ0v) is 33.0. The molecule has 52 heavy (non-hydrogen) atoms. The Bertz CT molecular complexity index is 1410. The van der Waals surface area contributed by atoms with Crippen molar-refractivity contribution in [2.45, 2.75) is 85.9 Å². The van der Waals surface area contributed by atoms with Gasteiger partial charge in [0.05, 0.1) is 13.1 Å². The highest BCUT2D eigenvalue weighted by molar-refractivity contribution is 5.98. The molecule has 0 bridgehead atoms. The first-order valence-electron chi connectivity index (χ1n) is 18.8. The lowest BCUT2D eigenvalue weighted by Crippen LogP contribution is -2.51. The summed E-state index contributed by atoms with van der Waals surface area (Å²) in [5.74, 6) is 0.345. The maximum absolute atomic E-state index is 12.3. The van der Waals surface area contributed by atoms with Crippen molar-refractivity contribution < 1.29 is 28.7 Å². The first-order chi connectivity index (χ1) is 24.5. The predicted octanol–water partition coefficient (Wildman–Crippen LogP) is 6.22. The summed E-state index contributed by atoms with van der Waals surface area (Å²) >= 11 is 0. The second-order valence-corrected chi connectivity index (χ2v) is 15.9. The Hall–Kier alpha value is -3.80. The number of nitrogens with zero attached hydrogens (tertiary/aromatic N) is 4. The summed E-state index contributed by atoms with van der Waals surface area (Å²) in [4.78, 5) is 55.6.